The quantitative estimate of drug-likeness (QED) is 0.892. The maximum absolute atomic E-state index is 12.5. The number of hydrogen-bond acceptors (Lipinski definition) is 3. The van der Waals surface area contributed by atoms with E-state index >= 15 is 0 Å². The van der Waals surface area contributed by atoms with E-state index in [1.807, 2.05) is 30.3 Å². The normalized spacial score (nSPS) is 12.7. The lowest BCUT2D eigenvalue weighted by atomic mass is 9.83. The van der Waals surface area contributed by atoms with E-state index in [0.29, 0.717) is 4.88 Å². The van der Waals surface area contributed by atoms with E-state index in [1.54, 1.807) is 31.4 Å². The van der Waals surface area contributed by atoms with Gasteiger partial charge in [0.25, 0.3) is 0 Å². The Morgan fingerprint density at radius 3 is 2.33 bits per heavy atom. The summed E-state index contributed by atoms with van der Waals surface area (Å²) in [4.78, 5) is 24.5. The highest BCUT2D eigenvalue weighted by molar-refractivity contribution is 7.10. The third-order valence-corrected chi connectivity index (χ3v) is 4.35. The Balaban J connectivity index is 2.21. The van der Waals surface area contributed by atoms with Gasteiger partial charge in [0.1, 0.15) is 0 Å². The summed E-state index contributed by atoms with van der Waals surface area (Å²) >= 11 is 1.31. The highest BCUT2D eigenvalue weighted by atomic mass is 32.1. The molecule has 0 bridgehead atoms. The summed E-state index contributed by atoms with van der Waals surface area (Å²) in [5, 5.41) is 13.7. The van der Waals surface area contributed by atoms with E-state index in [4.69, 9.17) is 0 Å². The second kappa shape index (κ2) is 6.10. The van der Waals surface area contributed by atoms with E-state index in [9.17, 15) is 14.7 Å². The van der Waals surface area contributed by atoms with Gasteiger partial charge in [-0.05, 0) is 30.9 Å². The van der Waals surface area contributed by atoms with E-state index in [-0.39, 0.29) is 5.91 Å². The number of carboxylic acids is 1. The van der Waals surface area contributed by atoms with Gasteiger partial charge in [-0.15, -0.1) is 11.3 Å². The standard InChI is InChI=1S/C16H17NO3S/c1-16(2,11-7-4-3-5-8-11)15(20)17-13(14(18)19)12-9-6-10-21-12/h3-10,13H,1-2H3,(H,17,20)(H,18,19). The molecule has 0 radical (unpaired) electrons. The molecule has 1 amide bonds. The van der Waals surface area contributed by atoms with Crippen molar-refractivity contribution in [2.24, 2.45) is 0 Å². The fourth-order valence-corrected chi connectivity index (χ4v) is 2.77. The lowest BCUT2D eigenvalue weighted by Crippen LogP contribution is -2.43. The van der Waals surface area contributed by atoms with Crippen LogP contribution in [0.2, 0.25) is 0 Å². The summed E-state index contributed by atoms with van der Waals surface area (Å²) in [6, 6.07) is 11.8. The van der Waals surface area contributed by atoms with Gasteiger partial charge < -0.3 is 10.4 Å². The van der Waals surface area contributed by atoms with Crippen LogP contribution in [0, 0.1) is 0 Å². The molecule has 1 heterocycles. The first-order valence-electron chi connectivity index (χ1n) is 6.55. The molecule has 21 heavy (non-hydrogen) atoms. The Labute approximate surface area is 127 Å². The van der Waals surface area contributed by atoms with Gasteiger partial charge in [-0.1, -0.05) is 36.4 Å². The number of carbonyl (C=O) groups is 2. The van der Waals surface area contributed by atoms with Crippen LogP contribution in [0.5, 0.6) is 0 Å². The van der Waals surface area contributed by atoms with Gasteiger partial charge in [-0.25, -0.2) is 4.79 Å². The first kappa shape index (κ1) is 15.3. The van der Waals surface area contributed by atoms with Gasteiger partial charge in [0, 0.05) is 4.88 Å². The van der Waals surface area contributed by atoms with Gasteiger partial charge in [0.05, 0.1) is 5.41 Å². The number of carboxylic acid groups (broad SMARTS) is 1. The molecule has 0 aliphatic carbocycles. The molecule has 1 aromatic heterocycles. The second-order valence-electron chi connectivity index (χ2n) is 5.25. The van der Waals surface area contributed by atoms with E-state index in [2.05, 4.69) is 5.32 Å². The summed E-state index contributed by atoms with van der Waals surface area (Å²) in [6.45, 7) is 3.57. The number of nitrogens with one attached hydrogen (secondary N) is 1. The predicted octanol–water partition coefficient (Wildman–Crippen LogP) is 2.97. The highest BCUT2D eigenvalue weighted by Gasteiger charge is 2.33. The molecular formula is C16H17NO3S. The van der Waals surface area contributed by atoms with Crippen LogP contribution in [0.25, 0.3) is 0 Å². The smallest absolute Gasteiger partial charge is 0.331 e. The van der Waals surface area contributed by atoms with Crippen LogP contribution >= 0.6 is 11.3 Å². The van der Waals surface area contributed by atoms with Crippen molar-refractivity contribution in [2.75, 3.05) is 0 Å². The van der Waals surface area contributed by atoms with Crippen LogP contribution in [0.4, 0.5) is 0 Å². The third kappa shape index (κ3) is 3.31. The SMILES string of the molecule is CC(C)(C(=O)NC(C(=O)O)c1cccs1)c1ccccc1. The van der Waals surface area contributed by atoms with E-state index in [0.717, 1.165) is 5.56 Å². The van der Waals surface area contributed by atoms with Gasteiger partial charge in [0.15, 0.2) is 6.04 Å². The Kier molecular flexibility index (Phi) is 4.43. The zero-order chi connectivity index (χ0) is 15.5. The van der Waals surface area contributed by atoms with Gasteiger partial charge in [0.2, 0.25) is 5.91 Å². The fraction of sp³-hybridized carbons (Fsp3) is 0.250. The lowest BCUT2D eigenvalue weighted by Gasteiger charge is -2.26. The molecule has 0 fully saturated rings. The average molecular weight is 303 g/mol. The Morgan fingerprint density at radius 1 is 1.14 bits per heavy atom. The number of benzene rings is 1. The van der Waals surface area contributed by atoms with Crippen molar-refractivity contribution in [1.29, 1.82) is 0 Å². The summed E-state index contributed by atoms with van der Waals surface area (Å²) < 4.78 is 0. The molecule has 1 aromatic carbocycles. The van der Waals surface area contributed by atoms with Crippen LogP contribution in [-0.4, -0.2) is 17.0 Å². The first-order chi connectivity index (χ1) is 9.93. The first-order valence-corrected chi connectivity index (χ1v) is 7.43. The zero-order valence-corrected chi connectivity index (χ0v) is 12.7. The molecule has 2 aromatic rings. The van der Waals surface area contributed by atoms with Crippen molar-refractivity contribution >= 4 is 23.2 Å². The fourth-order valence-electron chi connectivity index (χ4n) is 2.01. The maximum Gasteiger partial charge on any atom is 0.331 e. The minimum Gasteiger partial charge on any atom is -0.479 e. The van der Waals surface area contributed by atoms with Crippen molar-refractivity contribution < 1.29 is 14.7 Å². The topological polar surface area (TPSA) is 66.4 Å². The molecule has 1 unspecified atom stereocenters. The minimum absolute atomic E-state index is 0.311. The monoisotopic (exact) mass is 303 g/mol. The lowest BCUT2D eigenvalue weighted by molar-refractivity contribution is -0.142. The van der Waals surface area contributed by atoms with Gasteiger partial charge >= 0.3 is 5.97 Å². The molecule has 2 N–H and O–H groups in total. The van der Waals surface area contributed by atoms with Crippen molar-refractivity contribution in [3.63, 3.8) is 0 Å². The molecular weight excluding hydrogens is 286 g/mol. The molecule has 0 saturated heterocycles. The largest absolute Gasteiger partial charge is 0.479 e. The Hall–Kier alpha value is -2.14. The van der Waals surface area contributed by atoms with Crippen molar-refractivity contribution in [3.8, 4) is 0 Å². The predicted molar refractivity (Wildman–Crippen MR) is 82.3 cm³/mol. The molecule has 0 aliphatic rings. The Bertz CT molecular complexity index is 620. The number of amides is 1. The van der Waals surface area contributed by atoms with Crippen LogP contribution in [-0.2, 0) is 15.0 Å². The summed E-state index contributed by atoms with van der Waals surface area (Å²) in [6.07, 6.45) is 0. The molecule has 1 atom stereocenters. The zero-order valence-electron chi connectivity index (χ0n) is 11.9. The van der Waals surface area contributed by atoms with Gasteiger partial charge in [-0.2, -0.15) is 0 Å². The van der Waals surface area contributed by atoms with Crippen LogP contribution in [0.1, 0.15) is 30.3 Å². The molecule has 5 heteroatoms. The molecule has 4 nitrogen and oxygen atoms in total. The van der Waals surface area contributed by atoms with Crippen LogP contribution in [0.15, 0.2) is 47.8 Å². The van der Waals surface area contributed by atoms with Crippen molar-refractivity contribution in [3.05, 3.63) is 58.3 Å². The van der Waals surface area contributed by atoms with E-state index < -0.39 is 17.4 Å². The highest BCUT2D eigenvalue weighted by Crippen LogP contribution is 2.26. The third-order valence-electron chi connectivity index (χ3n) is 3.41. The summed E-state index contributed by atoms with van der Waals surface area (Å²) in [5.74, 6) is -1.37. The number of hydrogen-bond donors (Lipinski definition) is 2. The van der Waals surface area contributed by atoms with Crippen molar-refractivity contribution in [2.45, 2.75) is 25.3 Å². The van der Waals surface area contributed by atoms with E-state index in [1.165, 1.54) is 11.3 Å². The molecule has 110 valence electrons. The number of aliphatic carboxylic acids is 1. The molecule has 0 spiro atoms. The number of carbonyl (C=O) groups excluding carboxylic acids is 1. The summed E-state index contributed by atoms with van der Waals surface area (Å²) in [5.41, 5.74) is 0.0458. The molecule has 2 rings (SSSR count). The molecule has 0 aliphatic heterocycles. The number of thiophene rings is 1. The Morgan fingerprint density at radius 2 is 1.81 bits per heavy atom. The average Bonchev–Trinajstić information content (AvgIpc) is 2.98. The molecule has 0 saturated carbocycles. The summed E-state index contributed by atoms with van der Waals surface area (Å²) in [7, 11) is 0. The van der Waals surface area contributed by atoms with Crippen LogP contribution < -0.4 is 5.32 Å². The van der Waals surface area contributed by atoms with Gasteiger partial charge in [-0.3, -0.25) is 4.79 Å². The van der Waals surface area contributed by atoms with Crippen molar-refractivity contribution in [1.82, 2.24) is 5.32 Å². The second-order valence-corrected chi connectivity index (χ2v) is 6.23. The maximum atomic E-state index is 12.5. The van der Waals surface area contributed by atoms with Crippen LogP contribution in [0.3, 0.4) is 0 Å². The minimum atomic E-state index is -1.06. The number of rotatable bonds is 5.